The summed E-state index contributed by atoms with van der Waals surface area (Å²) in [5, 5.41) is 0.650. The van der Waals surface area contributed by atoms with E-state index in [-0.39, 0.29) is 12.5 Å². The first-order valence-corrected chi connectivity index (χ1v) is 5.29. The molecule has 0 spiro atoms. The Labute approximate surface area is 94.9 Å². The number of aromatic nitrogens is 1. The lowest BCUT2D eigenvalue weighted by atomic mass is 9.80. The van der Waals surface area contributed by atoms with Crippen LogP contribution in [0.1, 0.15) is 13.8 Å². The van der Waals surface area contributed by atoms with Gasteiger partial charge >= 0.3 is 7.12 Å². The van der Waals surface area contributed by atoms with Gasteiger partial charge in [-0.1, -0.05) is 25.4 Å². The molecular formula is C10H13BClNO2. The molecule has 2 heterocycles. The Bertz CT molecular complexity index is 349. The standard InChI is InChI=1S/C10H13BClNO2/c1-10(2)6-14-11(15-7-10)9-5-8(12)3-4-13-9/h3-5H,6-7H2,1-2H3. The topological polar surface area (TPSA) is 31.4 Å². The van der Waals surface area contributed by atoms with E-state index in [9.17, 15) is 0 Å². The SMILES string of the molecule is CC1(C)COB(c2cc(Cl)ccn2)OC1. The minimum atomic E-state index is -0.378. The molecule has 1 aliphatic heterocycles. The van der Waals surface area contributed by atoms with Gasteiger partial charge in [-0.15, -0.1) is 0 Å². The quantitative estimate of drug-likeness (QED) is 0.679. The van der Waals surface area contributed by atoms with Gasteiger partial charge in [0.05, 0.1) is 5.59 Å². The van der Waals surface area contributed by atoms with Gasteiger partial charge < -0.3 is 9.31 Å². The Balaban J connectivity index is 2.08. The van der Waals surface area contributed by atoms with Gasteiger partial charge in [0.2, 0.25) is 0 Å². The van der Waals surface area contributed by atoms with Gasteiger partial charge in [0.25, 0.3) is 0 Å². The molecule has 1 aromatic rings. The first-order chi connectivity index (χ1) is 7.07. The van der Waals surface area contributed by atoms with Gasteiger partial charge in [-0.05, 0) is 12.1 Å². The Morgan fingerprint density at radius 2 is 2.07 bits per heavy atom. The lowest BCUT2D eigenvalue weighted by molar-refractivity contribution is 0.0339. The summed E-state index contributed by atoms with van der Waals surface area (Å²) in [7, 11) is -0.378. The van der Waals surface area contributed by atoms with E-state index in [1.807, 2.05) is 0 Å². The highest BCUT2D eigenvalue weighted by Gasteiger charge is 2.34. The monoisotopic (exact) mass is 225 g/mol. The fourth-order valence-corrected chi connectivity index (χ4v) is 1.58. The van der Waals surface area contributed by atoms with Gasteiger partial charge in [0, 0.05) is 29.8 Å². The Morgan fingerprint density at radius 1 is 1.40 bits per heavy atom. The molecule has 1 saturated heterocycles. The normalized spacial score (nSPS) is 20.3. The Hall–Kier alpha value is -0.575. The van der Waals surface area contributed by atoms with Crippen molar-refractivity contribution in [1.29, 1.82) is 0 Å². The second kappa shape index (κ2) is 4.12. The van der Waals surface area contributed by atoms with Crippen LogP contribution in [-0.4, -0.2) is 25.3 Å². The van der Waals surface area contributed by atoms with Gasteiger partial charge in [0.15, 0.2) is 0 Å². The van der Waals surface area contributed by atoms with E-state index in [0.29, 0.717) is 18.2 Å². The molecule has 1 fully saturated rings. The zero-order valence-electron chi connectivity index (χ0n) is 8.87. The molecule has 0 aromatic carbocycles. The summed E-state index contributed by atoms with van der Waals surface area (Å²) in [5.41, 5.74) is 0.813. The number of halogens is 1. The predicted molar refractivity (Wildman–Crippen MR) is 60.3 cm³/mol. The van der Waals surface area contributed by atoms with Crippen LogP contribution < -0.4 is 5.59 Å². The molecule has 0 bridgehead atoms. The third-order valence-electron chi connectivity index (χ3n) is 2.24. The first kappa shape index (κ1) is 10.9. The fraction of sp³-hybridized carbons (Fsp3) is 0.500. The third kappa shape index (κ3) is 2.71. The molecule has 0 atom stereocenters. The summed E-state index contributed by atoms with van der Waals surface area (Å²) in [6.45, 7) is 5.56. The van der Waals surface area contributed by atoms with E-state index in [1.165, 1.54) is 0 Å². The minimum absolute atomic E-state index is 0.0784. The Morgan fingerprint density at radius 3 is 2.67 bits per heavy atom. The Kier molecular flexibility index (Phi) is 3.00. The largest absolute Gasteiger partial charge is 0.513 e. The van der Waals surface area contributed by atoms with Crippen molar-refractivity contribution in [3.05, 3.63) is 23.4 Å². The fourth-order valence-electron chi connectivity index (χ4n) is 1.41. The maximum atomic E-state index is 5.87. The zero-order chi connectivity index (χ0) is 10.9. The maximum Gasteiger partial charge on any atom is 0.513 e. The van der Waals surface area contributed by atoms with Crippen LogP contribution >= 0.6 is 11.6 Å². The molecule has 0 unspecified atom stereocenters. The summed E-state index contributed by atoms with van der Waals surface area (Å²) in [4.78, 5) is 4.18. The molecule has 1 aromatic heterocycles. The second-order valence-electron chi connectivity index (χ2n) is 4.52. The third-order valence-corrected chi connectivity index (χ3v) is 2.47. The molecule has 0 aliphatic carbocycles. The number of nitrogens with zero attached hydrogens (tertiary/aromatic N) is 1. The van der Waals surface area contributed by atoms with Crippen molar-refractivity contribution >= 4 is 24.3 Å². The molecule has 0 N–H and O–H groups in total. The van der Waals surface area contributed by atoms with E-state index in [2.05, 4.69) is 18.8 Å². The van der Waals surface area contributed by atoms with Crippen LogP contribution in [0.4, 0.5) is 0 Å². The van der Waals surface area contributed by atoms with Crippen LogP contribution in [0, 0.1) is 5.41 Å². The first-order valence-electron chi connectivity index (χ1n) is 4.91. The maximum absolute atomic E-state index is 5.87. The van der Waals surface area contributed by atoms with Crippen LogP contribution in [0.15, 0.2) is 18.3 Å². The smallest absolute Gasteiger partial charge is 0.406 e. The van der Waals surface area contributed by atoms with Gasteiger partial charge in [-0.3, -0.25) is 4.98 Å². The average Bonchev–Trinajstić information content (AvgIpc) is 2.17. The molecule has 2 rings (SSSR count). The number of hydrogen-bond acceptors (Lipinski definition) is 3. The van der Waals surface area contributed by atoms with E-state index in [0.717, 1.165) is 5.59 Å². The predicted octanol–water partition coefficient (Wildman–Crippen LogP) is 1.50. The zero-order valence-corrected chi connectivity index (χ0v) is 9.62. The number of pyridine rings is 1. The summed E-state index contributed by atoms with van der Waals surface area (Å²) in [6, 6.07) is 3.50. The number of hydrogen-bond donors (Lipinski definition) is 0. The van der Waals surface area contributed by atoms with Gasteiger partial charge in [0.1, 0.15) is 0 Å². The molecule has 0 radical (unpaired) electrons. The van der Waals surface area contributed by atoms with Crippen molar-refractivity contribution in [2.24, 2.45) is 5.41 Å². The highest BCUT2D eigenvalue weighted by Crippen LogP contribution is 2.21. The highest BCUT2D eigenvalue weighted by atomic mass is 35.5. The summed E-state index contributed by atoms with van der Waals surface area (Å²) < 4.78 is 11.2. The van der Waals surface area contributed by atoms with Crippen molar-refractivity contribution < 1.29 is 9.31 Å². The van der Waals surface area contributed by atoms with Crippen molar-refractivity contribution in [3.8, 4) is 0 Å². The molecule has 0 saturated carbocycles. The van der Waals surface area contributed by atoms with Crippen molar-refractivity contribution in [2.45, 2.75) is 13.8 Å². The van der Waals surface area contributed by atoms with Crippen LogP contribution in [-0.2, 0) is 9.31 Å². The molecule has 3 nitrogen and oxygen atoms in total. The van der Waals surface area contributed by atoms with Crippen LogP contribution in [0.5, 0.6) is 0 Å². The van der Waals surface area contributed by atoms with Crippen LogP contribution in [0.3, 0.4) is 0 Å². The van der Waals surface area contributed by atoms with Crippen LogP contribution in [0.25, 0.3) is 0 Å². The van der Waals surface area contributed by atoms with E-state index in [4.69, 9.17) is 20.9 Å². The van der Waals surface area contributed by atoms with Crippen molar-refractivity contribution in [3.63, 3.8) is 0 Å². The highest BCUT2D eigenvalue weighted by molar-refractivity contribution is 6.60. The van der Waals surface area contributed by atoms with Crippen LogP contribution in [0.2, 0.25) is 5.02 Å². The van der Waals surface area contributed by atoms with Crippen molar-refractivity contribution in [1.82, 2.24) is 4.98 Å². The second-order valence-corrected chi connectivity index (χ2v) is 4.95. The molecule has 5 heteroatoms. The average molecular weight is 225 g/mol. The van der Waals surface area contributed by atoms with E-state index in [1.54, 1.807) is 18.3 Å². The molecule has 80 valence electrons. The summed E-state index contributed by atoms with van der Waals surface area (Å²) in [5.74, 6) is 0. The van der Waals surface area contributed by atoms with Gasteiger partial charge in [-0.25, -0.2) is 0 Å². The van der Waals surface area contributed by atoms with Gasteiger partial charge in [-0.2, -0.15) is 0 Å². The molecule has 0 amide bonds. The lowest BCUT2D eigenvalue weighted by Gasteiger charge is -2.32. The molecule has 15 heavy (non-hydrogen) atoms. The summed E-state index contributed by atoms with van der Waals surface area (Å²) in [6.07, 6.45) is 1.66. The lowest BCUT2D eigenvalue weighted by Crippen LogP contribution is -2.48. The van der Waals surface area contributed by atoms with E-state index >= 15 is 0 Å². The van der Waals surface area contributed by atoms with Crippen molar-refractivity contribution in [2.75, 3.05) is 13.2 Å². The molecule has 1 aliphatic rings. The molecular weight excluding hydrogens is 212 g/mol. The van der Waals surface area contributed by atoms with E-state index < -0.39 is 0 Å². The number of rotatable bonds is 1. The minimum Gasteiger partial charge on any atom is -0.406 e. The summed E-state index contributed by atoms with van der Waals surface area (Å²) >= 11 is 5.87.